The molecule has 0 radical (unpaired) electrons. The van der Waals surface area contributed by atoms with Crippen LogP contribution in [0.25, 0.3) is 0 Å². The van der Waals surface area contributed by atoms with Crippen LogP contribution >= 0.6 is 11.8 Å². The Morgan fingerprint density at radius 3 is 2.89 bits per heavy atom. The normalized spacial score (nSPS) is 18.7. The van der Waals surface area contributed by atoms with E-state index in [1.807, 2.05) is 31.2 Å². The molecule has 19 heavy (non-hydrogen) atoms. The molecule has 5 heteroatoms. The summed E-state index contributed by atoms with van der Waals surface area (Å²) in [6.45, 7) is 1.91. The van der Waals surface area contributed by atoms with E-state index in [0.717, 1.165) is 16.9 Å². The summed E-state index contributed by atoms with van der Waals surface area (Å²) in [4.78, 5) is 24.4. The van der Waals surface area contributed by atoms with Gasteiger partial charge in [0.05, 0.1) is 5.92 Å². The van der Waals surface area contributed by atoms with Gasteiger partial charge < -0.3 is 10.4 Å². The Labute approximate surface area is 116 Å². The Morgan fingerprint density at radius 1 is 1.47 bits per heavy atom. The molecule has 1 aliphatic rings. The molecule has 0 bridgehead atoms. The summed E-state index contributed by atoms with van der Waals surface area (Å²) in [7, 11) is 0. The molecule has 0 saturated carbocycles. The second-order valence-electron chi connectivity index (χ2n) is 4.59. The SMILES string of the molecule is CCC[C@H](NC(=O)C1CSc2ccccc21)C(=O)O. The highest BCUT2D eigenvalue weighted by atomic mass is 32.2. The van der Waals surface area contributed by atoms with Gasteiger partial charge >= 0.3 is 5.97 Å². The minimum Gasteiger partial charge on any atom is -0.480 e. The monoisotopic (exact) mass is 279 g/mol. The van der Waals surface area contributed by atoms with E-state index < -0.39 is 12.0 Å². The summed E-state index contributed by atoms with van der Waals surface area (Å²) >= 11 is 1.64. The lowest BCUT2D eigenvalue weighted by atomic mass is 10.00. The number of fused-ring (bicyclic) bond motifs is 1. The average molecular weight is 279 g/mol. The van der Waals surface area contributed by atoms with Crippen molar-refractivity contribution in [1.82, 2.24) is 5.32 Å². The molecule has 1 aliphatic heterocycles. The zero-order valence-corrected chi connectivity index (χ0v) is 11.6. The molecular weight excluding hydrogens is 262 g/mol. The highest BCUT2D eigenvalue weighted by molar-refractivity contribution is 7.99. The van der Waals surface area contributed by atoms with Crippen molar-refractivity contribution in [1.29, 1.82) is 0 Å². The molecule has 0 saturated heterocycles. The van der Waals surface area contributed by atoms with Gasteiger partial charge in [-0.15, -0.1) is 11.8 Å². The fourth-order valence-electron chi connectivity index (χ4n) is 2.20. The number of amides is 1. The zero-order chi connectivity index (χ0) is 13.8. The van der Waals surface area contributed by atoms with E-state index in [9.17, 15) is 9.59 Å². The van der Waals surface area contributed by atoms with Gasteiger partial charge in [0, 0.05) is 10.6 Å². The van der Waals surface area contributed by atoms with Gasteiger partial charge in [0.1, 0.15) is 6.04 Å². The first-order chi connectivity index (χ1) is 9.13. The van der Waals surface area contributed by atoms with Crippen LogP contribution in [0.5, 0.6) is 0 Å². The molecule has 1 unspecified atom stereocenters. The molecule has 2 N–H and O–H groups in total. The second kappa shape index (κ2) is 6.10. The van der Waals surface area contributed by atoms with E-state index in [1.165, 1.54) is 0 Å². The molecule has 2 rings (SSSR count). The van der Waals surface area contributed by atoms with E-state index in [0.29, 0.717) is 12.2 Å². The van der Waals surface area contributed by atoms with E-state index >= 15 is 0 Å². The Bertz CT molecular complexity index is 489. The number of carbonyl (C=O) groups excluding carboxylic acids is 1. The number of carbonyl (C=O) groups is 2. The minimum absolute atomic E-state index is 0.182. The summed E-state index contributed by atoms with van der Waals surface area (Å²) in [5.41, 5.74) is 1.01. The number of nitrogens with one attached hydrogen (secondary N) is 1. The van der Waals surface area contributed by atoms with Crippen LogP contribution in [0.4, 0.5) is 0 Å². The smallest absolute Gasteiger partial charge is 0.326 e. The van der Waals surface area contributed by atoms with Crippen LogP contribution in [0.1, 0.15) is 31.2 Å². The highest BCUT2D eigenvalue weighted by Crippen LogP contribution is 2.39. The highest BCUT2D eigenvalue weighted by Gasteiger charge is 2.31. The summed E-state index contributed by atoms with van der Waals surface area (Å²) in [5, 5.41) is 11.7. The number of hydrogen-bond acceptors (Lipinski definition) is 3. The van der Waals surface area contributed by atoms with Crippen molar-refractivity contribution in [2.45, 2.75) is 36.6 Å². The maximum absolute atomic E-state index is 12.2. The molecule has 0 fully saturated rings. The number of carboxylic acids is 1. The van der Waals surface area contributed by atoms with Gasteiger partial charge in [0.25, 0.3) is 0 Å². The fourth-order valence-corrected chi connectivity index (χ4v) is 3.43. The van der Waals surface area contributed by atoms with Crippen LogP contribution in [0, 0.1) is 0 Å². The van der Waals surface area contributed by atoms with Crippen molar-refractivity contribution < 1.29 is 14.7 Å². The third kappa shape index (κ3) is 3.10. The largest absolute Gasteiger partial charge is 0.480 e. The molecule has 1 aromatic rings. The maximum Gasteiger partial charge on any atom is 0.326 e. The number of aliphatic carboxylic acids is 1. The van der Waals surface area contributed by atoms with Gasteiger partial charge in [-0.1, -0.05) is 31.5 Å². The molecule has 0 aromatic heterocycles. The third-order valence-electron chi connectivity index (χ3n) is 3.21. The summed E-state index contributed by atoms with van der Waals surface area (Å²) in [5.74, 6) is -0.698. The van der Waals surface area contributed by atoms with E-state index in [1.54, 1.807) is 11.8 Å². The molecule has 0 aliphatic carbocycles. The number of benzene rings is 1. The molecule has 0 spiro atoms. The molecule has 1 heterocycles. The Morgan fingerprint density at radius 2 is 2.21 bits per heavy atom. The van der Waals surface area contributed by atoms with Gasteiger partial charge in [-0.2, -0.15) is 0 Å². The van der Waals surface area contributed by atoms with E-state index in [2.05, 4.69) is 5.32 Å². The quantitative estimate of drug-likeness (QED) is 0.867. The number of thioether (sulfide) groups is 1. The van der Waals surface area contributed by atoms with Crippen molar-refractivity contribution in [2.24, 2.45) is 0 Å². The lowest BCUT2D eigenvalue weighted by Crippen LogP contribution is -2.43. The molecule has 1 amide bonds. The molecule has 102 valence electrons. The Hall–Kier alpha value is -1.49. The standard InChI is InChI=1S/C14H17NO3S/c1-2-5-11(14(17)18)15-13(16)10-8-19-12-7-4-3-6-9(10)12/h3-4,6-7,10-11H,2,5,8H2,1H3,(H,15,16)(H,17,18)/t10?,11-/m0/s1. The Kier molecular flexibility index (Phi) is 4.47. The van der Waals surface area contributed by atoms with Crippen LogP contribution in [0.3, 0.4) is 0 Å². The van der Waals surface area contributed by atoms with Gasteiger partial charge in [0.15, 0.2) is 0 Å². The number of rotatable bonds is 5. The van der Waals surface area contributed by atoms with Crippen molar-refractivity contribution in [3.8, 4) is 0 Å². The van der Waals surface area contributed by atoms with Crippen LogP contribution in [-0.4, -0.2) is 28.8 Å². The first-order valence-corrected chi connectivity index (χ1v) is 7.37. The Balaban J connectivity index is 2.07. The molecular formula is C14H17NO3S. The summed E-state index contributed by atoms with van der Waals surface area (Å²) in [6.07, 6.45) is 1.19. The van der Waals surface area contributed by atoms with Crippen molar-refractivity contribution in [3.05, 3.63) is 29.8 Å². The van der Waals surface area contributed by atoms with E-state index in [4.69, 9.17) is 5.11 Å². The second-order valence-corrected chi connectivity index (χ2v) is 5.65. The van der Waals surface area contributed by atoms with Crippen molar-refractivity contribution >= 4 is 23.6 Å². The molecule has 4 nitrogen and oxygen atoms in total. The van der Waals surface area contributed by atoms with Crippen LogP contribution in [0.2, 0.25) is 0 Å². The summed E-state index contributed by atoms with van der Waals surface area (Å²) in [6, 6.07) is 7.01. The number of hydrogen-bond donors (Lipinski definition) is 2. The molecule has 1 aromatic carbocycles. The maximum atomic E-state index is 12.2. The molecule has 2 atom stereocenters. The van der Waals surface area contributed by atoms with E-state index in [-0.39, 0.29) is 11.8 Å². The summed E-state index contributed by atoms with van der Waals surface area (Å²) < 4.78 is 0. The van der Waals surface area contributed by atoms with Crippen LogP contribution < -0.4 is 5.32 Å². The lowest BCUT2D eigenvalue weighted by molar-refractivity contribution is -0.142. The van der Waals surface area contributed by atoms with Gasteiger partial charge in [-0.3, -0.25) is 4.79 Å². The van der Waals surface area contributed by atoms with Gasteiger partial charge in [-0.25, -0.2) is 4.79 Å². The van der Waals surface area contributed by atoms with Gasteiger partial charge in [0.2, 0.25) is 5.91 Å². The van der Waals surface area contributed by atoms with Crippen molar-refractivity contribution in [3.63, 3.8) is 0 Å². The topological polar surface area (TPSA) is 66.4 Å². The minimum atomic E-state index is -0.964. The third-order valence-corrected chi connectivity index (χ3v) is 4.39. The first kappa shape index (κ1) is 13.9. The number of carboxylic acid groups (broad SMARTS) is 1. The van der Waals surface area contributed by atoms with Crippen LogP contribution in [-0.2, 0) is 9.59 Å². The van der Waals surface area contributed by atoms with Crippen LogP contribution in [0.15, 0.2) is 29.2 Å². The van der Waals surface area contributed by atoms with Crippen molar-refractivity contribution in [2.75, 3.05) is 5.75 Å². The first-order valence-electron chi connectivity index (χ1n) is 6.38. The van der Waals surface area contributed by atoms with Gasteiger partial charge in [-0.05, 0) is 18.1 Å². The predicted octanol–water partition coefficient (Wildman–Crippen LogP) is 2.25. The lowest BCUT2D eigenvalue weighted by Gasteiger charge is -2.17. The predicted molar refractivity (Wildman–Crippen MR) is 74.4 cm³/mol. The average Bonchev–Trinajstić information content (AvgIpc) is 2.81. The zero-order valence-electron chi connectivity index (χ0n) is 10.8. The fraction of sp³-hybridized carbons (Fsp3) is 0.429.